The minimum Gasteiger partial charge on any atom is -0.497 e. The minimum atomic E-state index is -0.0439. The second-order valence-corrected chi connectivity index (χ2v) is 6.76. The van der Waals surface area contributed by atoms with Gasteiger partial charge in [-0.25, -0.2) is 0 Å². The van der Waals surface area contributed by atoms with Gasteiger partial charge < -0.3 is 20.1 Å². The van der Waals surface area contributed by atoms with Crippen molar-refractivity contribution in [2.45, 2.75) is 59.0 Å². The molecule has 1 amide bonds. The first-order valence-corrected chi connectivity index (χ1v) is 8.63. The molecule has 0 saturated carbocycles. The number of nitrogens with one attached hydrogen (secondary N) is 2. The Morgan fingerprint density at radius 1 is 1.04 bits per heavy atom. The number of anilines is 1. The Kier molecular flexibility index (Phi) is 8.61. The van der Waals surface area contributed by atoms with E-state index in [-0.39, 0.29) is 11.9 Å². The number of rotatable bonds is 10. The zero-order valence-corrected chi connectivity index (χ0v) is 15.8. The third-order valence-electron chi connectivity index (χ3n) is 3.92. The molecule has 1 aromatic carbocycles. The Morgan fingerprint density at radius 3 is 2.33 bits per heavy atom. The molecule has 0 aliphatic heterocycles. The predicted molar refractivity (Wildman–Crippen MR) is 98.9 cm³/mol. The van der Waals surface area contributed by atoms with Crippen LogP contribution in [0.4, 0.5) is 5.69 Å². The highest BCUT2D eigenvalue weighted by Crippen LogP contribution is 2.29. The number of hydrogen-bond donors (Lipinski definition) is 2. The lowest BCUT2D eigenvalue weighted by atomic mass is 10.0. The number of amides is 1. The van der Waals surface area contributed by atoms with Gasteiger partial charge in [0.05, 0.1) is 19.9 Å². The first-order chi connectivity index (χ1) is 11.3. The fourth-order valence-corrected chi connectivity index (χ4v) is 2.60. The summed E-state index contributed by atoms with van der Waals surface area (Å²) in [6, 6.07) is 5.87. The summed E-state index contributed by atoms with van der Waals surface area (Å²) in [5, 5.41) is 6.39. The highest BCUT2D eigenvalue weighted by molar-refractivity contribution is 5.92. The molecule has 2 N–H and O–H groups in total. The maximum absolute atomic E-state index is 12.3. The Labute approximate surface area is 146 Å². The molecule has 0 fully saturated rings. The van der Waals surface area contributed by atoms with E-state index >= 15 is 0 Å². The molecule has 0 heterocycles. The second-order valence-electron chi connectivity index (χ2n) is 6.76. The SMILES string of the molecule is COc1ccc(OC)c(NC(=O)CC(C)NC(C)CCC(C)C)c1. The zero-order chi connectivity index (χ0) is 18.1. The van der Waals surface area contributed by atoms with Crippen LogP contribution >= 0.6 is 0 Å². The van der Waals surface area contributed by atoms with Crippen LogP contribution in [0.25, 0.3) is 0 Å². The van der Waals surface area contributed by atoms with E-state index in [1.807, 2.05) is 6.92 Å². The van der Waals surface area contributed by atoms with E-state index in [9.17, 15) is 4.79 Å². The molecule has 2 atom stereocenters. The van der Waals surface area contributed by atoms with Crippen LogP contribution in [-0.2, 0) is 4.79 Å². The molecule has 1 rings (SSSR count). The van der Waals surface area contributed by atoms with Crippen LogP contribution in [0.3, 0.4) is 0 Å². The summed E-state index contributed by atoms with van der Waals surface area (Å²) >= 11 is 0. The van der Waals surface area contributed by atoms with E-state index in [0.717, 1.165) is 6.42 Å². The lowest BCUT2D eigenvalue weighted by molar-refractivity contribution is -0.116. The van der Waals surface area contributed by atoms with E-state index < -0.39 is 0 Å². The van der Waals surface area contributed by atoms with Gasteiger partial charge in [0.1, 0.15) is 11.5 Å². The van der Waals surface area contributed by atoms with Crippen LogP contribution in [0.15, 0.2) is 18.2 Å². The van der Waals surface area contributed by atoms with Gasteiger partial charge in [-0.15, -0.1) is 0 Å². The monoisotopic (exact) mass is 336 g/mol. The molecular formula is C19H32N2O3. The topological polar surface area (TPSA) is 59.6 Å². The van der Waals surface area contributed by atoms with E-state index in [0.29, 0.717) is 35.6 Å². The smallest absolute Gasteiger partial charge is 0.226 e. The molecule has 0 saturated heterocycles. The summed E-state index contributed by atoms with van der Waals surface area (Å²) in [4.78, 5) is 12.3. The fourth-order valence-electron chi connectivity index (χ4n) is 2.60. The van der Waals surface area contributed by atoms with Crippen LogP contribution in [0, 0.1) is 5.92 Å². The van der Waals surface area contributed by atoms with Crippen molar-refractivity contribution in [2.24, 2.45) is 5.92 Å². The van der Waals surface area contributed by atoms with Gasteiger partial charge in [-0.1, -0.05) is 13.8 Å². The van der Waals surface area contributed by atoms with Crippen LogP contribution in [-0.4, -0.2) is 32.2 Å². The number of methoxy groups -OCH3 is 2. The normalized spacial score (nSPS) is 13.5. The second kappa shape index (κ2) is 10.2. The van der Waals surface area contributed by atoms with Gasteiger partial charge in [-0.3, -0.25) is 4.79 Å². The molecule has 24 heavy (non-hydrogen) atoms. The summed E-state index contributed by atoms with van der Waals surface area (Å²) in [6.45, 7) is 8.66. The van der Waals surface area contributed by atoms with Crippen molar-refractivity contribution in [3.63, 3.8) is 0 Å². The Balaban J connectivity index is 2.53. The van der Waals surface area contributed by atoms with Gasteiger partial charge in [0.25, 0.3) is 0 Å². The summed E-state index contributed by atoms with van der Waals surface area (Å²) in [7, 11) is 3.18. The Bertz CT molecular complexity index is 517. The lowest BCUT2D eigenvalue weighted by Crippen LogP contribution is -2.37. The molecule has 136 valence electrons. The zero-order valence-electron chi connectivity index (χ0n) is 15.8. The maximum Gasteiger partial charge on any atom is 0.226 e. The molecular weight excluding hydrogens is 304 g/mol. The van der Waals surface area contributed by atoms with Crippen LogP contribution in [0.2, 0.25) is 0 Å². The number of benzene rings is 1. The summed E-state index contributed by atoms with van der Waals surface area (Å²) in [5.74, 6) is 1.96. The molecule has 1 aromatic rings. The Hall–Kier alpha value is -1.75. The highest BCUT2D eigenvalue weighted by Gasteiger charge is 2.14. The number of hydrogen-bond acceptors (Lipinski definition) is 4. The van der Waals surface area contributed by atoms with Crippen molar-refractivity contribution >= 4 is 11.6 Å². The molecule has 2 unspecified atom stereocenters. The molecule has 5 nitrogen and oxygen atoms in total. The number of carbonyl (C=O) groups is 1. The molecule has 0 aromatic heterocycles. The van der Waals surface area contributed by atoms with Crippen LogP contribution in [0.1, 0.15) is 47.0 Å². The summed E-state index contributed by atoms with van der Waals surface area (Å²) in [5.41, 5.74) is 0.627. The van der Waals surface area contributed by atoms with Crippen molar-refractivity contribution in [3.05, 3.63) is 18.2 Å². The summed E-state index contributed by atoms with van der Waals surface area (Å²) < 4.78 is 10.5. The quantitative estimate of drug-likeness (QED) is 0.681. The van der Waals surface area contributed by atoms with Crippen molar-refractivity contribution in [2.75, 3.05) is 19.5 Å². The maximum atomic E-state index is 12.3. The lowest BCUT2D eigenvalue weighted by Gasteiger charge is -2.20. The third kappa shape index (κ3) is 7.21. The first kappa shape index (κ1) is 20.3. The first-order valence-electron chi connectivity index (χ1n) is 8.63. The van der Waals surface area contributed by atoms with Crippen molar-refractivity contribution in [1.82, 2.24) is 5.32 Å². The average Bonchev–Trinajstić information content (AvgIpc) is 2.52. The molecule has 0 radical (unpaired) electrons. The molecule has 0 aliphatic carbocycles. The van der Waals surface area contributed by atoms with E-state index in [1.54, 1.807) is 32.4 Å². The average molecular weight is 336 g/mol. The largest absolute Gasteiger partial charge is 0.497 e. The third-order valence-corrected chi connectivity index (χ3v) is 3.92. The molecule has 0 spiro atoms. The van der Waals surface area contributed by atoms with Gasteiger partial charge in [0.15, 0.2) is 0 Å². The van der Waals surface area contributed by atoms with E-state index in [1.165, 1.54) is 6.42 Å². The molecule has 0 bridgehead atoms. The molecule has 5 heteroatoms. The van der Waals surface area contributed by atoms with E-state index in [4.69, 9.17) is 9.47 Å². The van der Waals surface area contributed by atoms with Crippen LogP contribution < -0.4 is 20.1 Å². The summed E-state index contributed by atoms with van der Waals surface area (Å²) in [6.07, 6.45) is 2.72. The van der Waals surface area contributed by atoms with Gasteiger partial charge in [-0.2, -0.15) is 0 Å². The number of ether oxygens (including phenoxy) is 2. The Morgan fingerprint density at radius 2 is 1.75 bits per heavy atom. The van der Waals surface area contributed by atoms with Gasteiger partial charge in [0, 0.05) is 24.6 Å². The van der Waals surface area contributed by atoms with Crippen LogP contribution in [0.5, 0.6) is 11.5 Å². The fraction of sp³-hybridized carbons (Fsp3) is 0.632. The minimum absolute atomic E-state index is 0.0439. The van der Waals surface area contributed by atoms with Crippen molar-refractivity contribution in [1.29, 1.82) is 0 Å². The molecule has 0 aliphatic rings. The van der Waals surface area contributed by atoms with Crippen molar-refractivity contribution < 1.29 is 14.3 Å². The van der Waals surface area contributed by atoms with Gasteiger partial charge >= 0.3 is 0 Å². The van der Waals surface area contributed by atoms with E-state index in [2.05, 4.69) is 31.4 Å². The highest BCUT2D eigenvalue weighted by atomic mass is 16.5. The van der Waals surface area contributed by atoms with Crippen molar-refractivity contribution in [3.8, 4) is 11.5 Å². The standard InChI is InChI=1S/C19H32N2O3/c1-13(2)7-8-14(3)20-15(4)11-19(22)21-17-12-16(23-5)9-10-18(17)24-6/h9-10,12-15,20H,7-8,11H2,1-6H3,(H,21,22). The van der Waals surface area contributed by atoms with Gasteiger partial charge in [0.2, 0.25) is 5.91 Å². The van der Waals surface area contributed by atoms with Gasteiger partial charge in [-0.05, 0) is 44.7 Å². The predicted octanol–water partition coefficient (Wildman–Crippen LogP) is 3.84. The number of carbonyl (C=O) groups excluding carboxylic acids is 1.